The smallest absolute Gasteiger partial charge is 0.289 e. The minimum Gasteiger partial charge on any atom is -0.289 e. The molecule has 26 heavy (non-hydrogen) atoms. The molecule has 0 saturated carbocycles. The Balaban J connectivity index is 2.11. The third-order valence-corrected chi connectivity index (χ3v) is 3.47. The molecule has 0 spiro atoms. The van der Waals surface area contributed by atoms with Crippen LogP contribution in [0, 0.1) is 13.8 Å². The minimum absolute atomic E-state index is 0.0363. The number of amides is 1. The maximum atomic E-state index is 13.1. The SMILES string of the molecule is Cc1cc(C)n(-c2nc(C(F)(F)F)ccc2C(=O)Nc2nnnn2C)n1. The zero-order valence-electron chi connectivity index (χ0n) is 13.9. The number of pyridine rings is 1. The Morgan fingerprint density at radius 2 is 1.96 bits per heavy atom. The number of anilines is 1. The lowest BCUT2D eigenvalue weighted by molar-refractivity contribution is -0.141. The van der Waals surface area contributed by atoms with Crippen molar-refractivity contribution in [2.24, 2.45) is 7.05 Å². The van der Waals surface area contributed by atoms with E-state index in [4.69, 9.17) is 0 Å². The van der Waals surface area contributed by atoms with Crippen LogP contribution in [-0.4, -0.2) is 40.9 Å². The van der Waals surface area contributed by atoms with E-state index >= 15 is 0 Å². The lowest BCUT2D eigenvalue weighted by atomic mass is 10.2. The first-order chi connectivity index (χ1) is 12.2. The molecule has 0 aliphatic carbocycles. The monoisotopic (exact) mass is 366 g/mol. The van der Waals surface area contributed by atoms with Crippen molar-refractivity contribution in [2.75, 3.05) is 5.32 Å². The zero-order valence-corrected chi connectivity index (χ0v) is 13.9. The second kappa shape index (κ2) is 6.20. The number of hydrogen-bond acceptors (Lipinski definition) is 6. The highest BCUT2D eigenvalue weighted by Crippen LogP contribution is 2.29. The van der Waals surface area contributed by atoms with E-state index < -0.39 is 17.8 Å². The van der Waals surface area contributed by atoms with Gasteiger partial charge in [-0.3, -0.25) is 10.1 Å². The molecule has 0 bridgehead atoms. The van der Waals surface area contributed by atoms with Crippen LogP contribution in [0.2, 0.25) is 0 Å². The van der Waals surface area contributed by atoms with Crippen molar-refractivity contribution in [1.29, 1.82) is 0 Å². The van der Waals surface area contributed by atoms with Gasteiger partial charge in [0.15, 0.2) is 5.82 Å². The summed E-state index contributed by atoms with van der Waals surface area (Å²) >= 11 is 0. The molecular formula is C14H13F3N8O. The Morgan fingerprint density at radius 1 is 1.23 bits per heavy atom. The van der Waals surface area contributed by atoms with E-state index in [1.165, 1.54) is 16.4 Å². The number of nitrogens with zero attached hydrogens (tertiary/aromatic N) is 7. The van der Waals surface area contributed by atoms with Crippen molar-refractivity contribution in [3.05, 3.63) is 40.8 Å². The summed E-state index contributed by atoms with van der Waals surface area (Å²) in [4.78, 5) is 16.2. The summed E-state index contributed by atoms with van der Waals surface area (Å²) in [7, 11) is 1.50. The first kappa shape index (κ1) is 17.5. The van der Waals surface area contributed by atoms with Crippen LogP contribution in [0.15, 0.2) is 18.2 Å². The molecule has 3 aromatic rings. The van der Waals surface area contributed by atoms with Gasteiger partial charge in [0.2, 0.25) is 5.95 Å². The highest BCUT2D eigenvalue weighted by molar-refractivity contribution is 6.05. The van der Waals surface area contributed by atoms with E-state index in [1.54, 1.807) is 19.9 Å². The molecule has 0 aromatic carbocycles. The number of aromatic nitrogens is 7. The van der Waals surface area contributed by atoms with E-state index in [1.807, 2.05) is 0 Å². The maximum Gasteiger partial charge on any atom is 0.433 e. The number of rotatable bonds is 3. The highest BCUT2D eigenvalue weighted by atomic mass is 19.4. The number of halogens is 3. The fourth-order valence-electron chi connectivity index (χ4n) is 2.29. The van der Waals surface area contributed by atoms with Crippen molar-refractivity contribution in [2.45, 2.75) is 20.0 Å². The Hall–Kier alpha value is -3.31. The van der Waals surface area contributed by atoms with Gasteiger partial charge >= 0.3 is 6.18 Å². The average molecular weight is 366 g/mol. The van der Waals surface area contributed by atoms with Crippen LogP contribution in [0.3, 0.4) is 0 Å². The maximum absolute atomic E-state index is 13.1. The highest BCUT2D eigenvalue weighted by Gasteiger charge is 2.34. The van der Waals surface area contributed by atoms with Gasteiger partial charge in [-0.15, -0.1) is 0 Å². The molecule has 0 radical (unpaired) electrons. The van der Waals surface area contributed by atoms with Gasteiger partial charge in [-0.1, -0.05) is 5.10 Å². The number of aryl methyl sites for hydroxylation is 3. The topological polar surface area (TPSA) is 103 Å². The first-order valence-corrected chi connectivity index (χ1v) is 7.32. The Kier molecular flexibility index (Phi) is 4.18. The predicted molar refractivity (Wildman–Crippen MR) is 82.6 cm³/mol. The van der Waals surface area contributed by atoms with Crippen molar-refractivity contribution in [1.82, 2.24) is 35.0 Å². The van der Waals surface area contributed by atoms with Crippen molar-refractivity contribution in [3.63, 3.8) is 0 Å². The molecule has 0 atom stereocenters. The second-order valence-electron chi connectivity index (χ2n) is 5.48. The fourth-order valence-corrected chi connectivity index (χ4v) is 2.29. The number of hydrogen-bond donors (Lipinski definition) is 1. The van der Waals surface area contributed by atoms with Crippen LogP contribution in [0.1, 0.15) is 27.4 Å². The Morgan fingerprint density at radius 3 is 2.50 bits per heavy atom. The van der Waals surface area contributed by atoms with Gasteiger partial charge in [-0.25, -0.2) is 14.3 Å². The van der Waals surface area contributed by atoms with Gasteiger partial charge in [0.1, 0.15) is 5.69 Å². The molecule has 12 heteroatoms. The van der Waals surface area contributed by atoms with Gasteiger partial charge in [-0.2, -0.15) is 18.3 Å². The number of alkyl halides is 3. The first-order valence-electron chi connectivity index (χ1n) is 7.32. The van der Waals surface area contributed by atoms with Crippen LogP contribution >= 0.6 is 0 Å². The molecule has 0 aliphatic heterocycles. The molecule has 0 fully saturated rings. The molecule has 3 rings (SSSR count). The Bertz CT molecular complexity index is 975. The average Bonchev–Trinajstić information content (AvgIpc) is 3.11. The number of nitrogens with one attached hydrogen (secondary N) is 1. The van der Waals surface area contributed by atoms with Crippen LogP contribution in [-0.2, 0) is 13.2 Å². The third-order valence-electron chi connectivity index (χ3n) is 3.47. The minimum atomic E-state index is -4.66. The van der Waals surface area contributed by atoms with Crippen molar-refractivity contribution < 1.29 is 18.0 Å². The molecule has 0 saturated heterocycles. The normalized spacial score (nSPS) is 11.6. The standard InChI is InChI=1S/C14H13F3N8O/c1-7-6-8(2)25(21-7)11-9(4-5-10(18-11)14(15,16)17)12(26)19-13-20-22-23-24(13)3/h4-6H,1-3H3,(H,19,20,23,26). The predicted octanol–water partition coefficient (Wildman–Crippen LogP) is 1.68. The van der Waals surface area contributed by atoms with Crippen LogP contribution in [0.5, 0.6) is 0 Å². The Labute approximate surface area is 144 Å². The lowest BCUT2D eigenvalue weighted by Gasteiger charge is -2.13. The molecule has 1 amide bonds. The van der Waals surface area contributed by atoms with Gasteiger partial charge in [0.05, 0.1) is 11.3 Å². The quantitative estimate of drug-likeness (QED) is 0.756. The summed E-state index contributed by atoms with van der Waals surface area (Å²) < 4.78 is 41.6. The number of carbonyl (C=O) groups is 1. The molecule has 3 heterocycles. The summed E-state index contributed by atoms with van der Waals surface area (Å²) in [6.07, 6.45) is -4.66. The van der Waals surface area contributed by atoms with Crippen molar-refractivity contribution in [3.8, 4) is 5.82 Å². The molecular weight excluding hydrogens is 353 g/mol. The largest absolute Gasteiger partial charge is 0.433 e. The molecule has 3 aromatic heterocycles. The summed E-state index contributed by atoms with van der Waals surface area (Å²) in [5, 5.41) is 17.1. The lowest BCUT2D eigenvalue weighted by Crippen LogP contribution is -2.21. The van der Waals surface area contributed by atoms with Gasteiger partial charge in [-0.05, 0) is 42.5 Å². The molecule has 1 N–H and O–H groups in total. The van der Waals surface area contributed by atoms with Crippen LogP contribution in [0.25, 0.3) is 5.82 Å². The number of carbonyl (C=O) groups excluding carboxylic acids is 1. The fraction of sp³-hybridized carbons (Fsp3) is 0.286. The summed E-state index contributed by atoms with van der Waals surface area (Å²) in [5.41, 5.74) is -0.126. The van der Waals surface area contributed by atoms with E-state index in [0.717, 1.165) is 12.1 Å². The molecule has 136 valence electrons. The van der Waals surface area contributed by atoms with Crippen molar-refractivity contribution >= 4 is 11.9 Å². The zero-order chi connectivity index (χ0) is 19.1. The summed E-state index contributed by atoms with van der Waals surface area (Å²) in [5.74, 6) is -0.918. The van der Waals surface area contributed by atoms with E-state index in [0.29, 0.717) is 11.4 Å². The van der Waals surface area contributed by atoms with Crippen LogP contribution in [0.4, 0.5) is 19.1 Å². The second-order valence-corrected chi connectivity index (χ2v) is 5.48. The summed E-state index contributed by atoms with van der Waals surface area (Å²) in [6.45, 7) is 3.33. The number of tetrazole rings is 1. The van der Waals surface area contributed by atoms with E-state index in [2.05, 4.69) is 30.9 Å². The molecule has 0 aliphatic rings. The molecule has 9 nitrogen and oxygen atoms in total. The van der Waals surface area contributed by atoms with Gasteiger partial charge < -0.3 is 0 Å². The van der Waals surface area contributed by atoms with Crippen LogP contribution < -0.4 is 5.32 Å². The van der Waals surface area contributed by atoms with E-state index in [-0.39, 0.29) is 17.3 Å². The van der Waals surface area contributed by atoms with E-state index in [9.17, 15) is 18.0 Å². The van der Waals surface area contributed by atoms with Gasteiger partial charge in [0, 0.05) is 12.7 Å². The summed E-state index contributed by atoms with van der Waals surface area (Å²) in [6, 6.07) is 3.44. The van der Waals surface area contributed by atoms with Gasteiger partial charge in [0.25, 0.3) is 5.91 Å². The third kappa shape index (κ3) is 3.25. The molecule has 0 unspecified atom stereocenters.